The highest BCUT2D eigenvalue weighted by Gasteiger charge is 2.23. The van der Waals surface area contributed by atoms with Crippen molar-refractivity contribution in [2.75, 3.05) is 18.0 Å². The molecule has 1 heterocycles. The van der Waals surface area contributed by atoms with Crippen LogP contribution in [-0.4, -0.2) is 33.6 Å². The first kappa shape index (κ1) is 16.2. The van der Waals surface area contributed by atoms with E-state index in [0.717, 1.165) is 25.5 Å². The highest BCUT2D eigenvalue weighted by molar-refractivity contribution is 7.89. The number of nitrogens with zero attached hydrogens (tertiary/aromatic N) is 1. The van der Waals surface area contributed by atoms with Gasteiger partial charge >= 0.3 is 0 Å². The molecule has 1 aromatic rings. The van der Waals surface area contributed by atoms with Crippen LogP contribution in [0.1, 0.15) is 26.7 Å². The van der Waals surface area contributed by atoms with Crippen LogP contribution in [0.3, 0.4) is 0 Å². The first-order valence-electron chi connectivity index (χ1n) is 7.11. The summed E-state index contributed by atoms with van der Waals surface area (Å²) in [6.07, 6.45) is 2.20. The van der Waals surface area contributed by atoms with Gasteiger partial charge < -0.3 is 10.2 Å². The Morgan fingerprint density at radius 2 is 2.19 bits per heavy atom. The molecule has 0 amide bonds. The van der Waals surface area contributed by atoms with Gasteiger partial charge in [-0.05, 0) is 51.4 Å². The van der Waals surface area contributed by atoms with Crippen molar-refractivity contribution in [2.24, 2.45) is 5.14 Å². The third kappa shape index (κ3) is 3.93. The SMILES string of the molecule is CC(C)N(CC1CCCN1)c1ccc(S(N)(=O)=O)cc1F. The van der Waals surface area contributed by atoms with E-state index in [-0.39, 0.29) is 10.9 Å². The van der Waals surface area contributed by atoms with Gasteiger partial charge in [-0.2, -0.15) is 0 Å². The average Bonchev–Trinajstić information content (AvgIpc) is 2.88. The van der Waals surface area contributed by atoms with Crippen molar-refractivity contribution in [1.82, 2.24) is 5.32 Å². The Morgan fingerprint density at radius 3 is 2.67 bits per heavy atom. The number of primary sulfonamides is 1. The lowest BCUT2D eigenvalue weighted by atomic mass is 10.1. The van der Waals surface area contributed by atoms with E-state index in [4.69, 9.17) is 5.14 Å². The number of hydrogen-bond acceptors (Lipinski definition) is 4. The number of rotatable bonds is 5. The van der Waals surface area contributed by atoms with E-state index in [9.17, 15) is 12.8 Å². The van der Waals surface area contributed by atoms with E-state index >= 15 is 0 Å². The molecule has 3 N–H and O–H groups in total. The minimum atomic E-state index is -3.88. The summed E-state index contributed by atoms with van der Waals surface area (Å²) in [5.74, 6) is -0.562. The van der Waals surface area contributed by atoms with Gasteiger partial charge in [0.25, 0.3) is 0 Å². The number of nitrogens with one attached hydrogen (secondary N) is 1. The lowest BCUT2D eigenvalue weighted by Crippen LogP contribution is -2.41. The first-order chi connectivity index (χ1) is 9.79. The van der Waals surface area contributed by atoms with Crippen LogP contribution in [0.5, 0.6) is 0 Å². The third-order valence-electron chi connectivity index (χ3n) is 3.76. The maximum absolute atomic E-state index is 14.3. The molecule has 0 aliphatic carbocycles. The number of anilines is 1. The van der Waals surface area contributed by atoms with Gasteiger partial charge in [-0.1, -0.05) is 0 Å². The van der Waals surface area contributed by atoms with Gasteiger partial charge in [-0.3, -0.25) is 0 Å². The van der Waals surface area contributed by atoms with Crippen LogP contribution in [0.2, 0.25) is 0 Å². The topological polar surface area (TPSA) is 75.4 Å². The van der Waals surface area contributed by atoms with Crippen LogP contribution in [-0.2, 0) is 10.0 Å². The van der Waals surface area contributed by atoms with E-state index in [1.807, 2.05) is 18.7 Å². The second-order valence-corrected chi connectivity index (χ2v) is 7.26. The summed E-state index contributed by atoms with van der Waals surface area (Å²) >= 11 is 0. The zero-order valence-electron chi connectivity index (χ0n) is 12.3. The summed E-state index contributed by atoms with van der Waals surface area (Å²) in [5.41, 5.74) is 0.408. The summed E-state index contributed by atoms with van der Waals surface area (Å²) in [7, 11) is -3.88. The summed E-state index contributed by atoms with van der Waals surface area (Å²) in [6.45, 7) is 5.66. The first-order valence-corrected chi connectivity index (χ1v) is 8.66. The van der Waals surface area contributed by atoms with Gasteiger partial charge in [-0.15, -0.1) is 0 Å². The van der Waals surface area contributed by atoms with Crippen molar-refractivity contribution in [2.45, 2.75) is 43.7 Å². The molecule has 118 valence electrons. The molecule has 0 saturated carbocycles. The monoisotopic (exact) mass is 315 g/mol. The van der Waals surface area contributed by atoms with Gasteiger partial charge in [0.2, 0.25) is 10.0 Å². The Kier molecular flexibility index (Phi) is 4.85. The van der Waals surface area contributed by atoms with Gasteiger partial charge in [0.1, 0.15) is 5.82 Å². The Morgan fingerprint density at radius 1 is 1.48 bits per heavy atom. The predicted molar refractivity (Wildman–Crippen MR) is 81.3 cm³/mol. The van der Waals surface area contributed by atoms with Gasteiger partial charge in [0, 0.05) is 18.6 Å². The van der Waals surface area contributed by atoms with E-state index < -0.39 is 15.8 Å². The predicted octanol–water partition coefficient (Wildman–Crippen LogP) is 1.44. The molecular formula is C14H22FN3O2S. The molecule has 0 radical (unpaired) electrons. The molecule has 0 aromatic heterocycles. The van der Waals surface area contributed by atoms with Crippen LogP contribution < -0.4 is 15.4 Å². The van der Waals surface area contributed by atoms with Crippen LogP contribution in [0.25, 0.3) is 0 Å². The molecule has 21 heavy (non-hydrogen) atoms. The second-order valence-electron chi connectivity index (χ2n) is 5.70. The van der Waals surface area contributed by atoms with Crippen molar-refractivity contribution in [1.29, 1.82) is 0 Å². The fraction of sp³-hybridized carbons (Fsp3) is 0.571. The van der Waals surface area contributed by atoms with E-state index in [1.54, 1.807) is 0 Å². The highest BCUT2D eigenvalue weighted by atomic mass is 32.2. The van der Waals surface area contributed by atoms with Gasteiger partial charge in [0.15, 0.2) is 0 Å². The van der Waals surface area contributed by atoms with Crippen molar-refractivity contribution in [3.63, 3.8) is 0 Å². The molecule has 1 aliphatic rings. The summed E-state index contributed by atoms with van der Waals surface area (Å²) in [6, 6.07) is 4.28. The van der Waals surface area contributed by atoms with E-state index in [1.165, 1.54) is 12.1 Å². The Bertz CT molecular complexity index is 598. The number of halogens is 1. The molecule has 7 heteroatoms. The van der Waals surface area contributed by atoms with Gasteiger partial charge in [-0.25, -0.2) is 17.9 Å². The van der Waals surface area contributed by atoms with Crippen molar-refractivity contribution in [3.8, 4) is 0 Å². The standard InChI is InChI=1S/C14H22FN3O2S/c1-10(2)18(9-11-4-3-7-17-11)14-6-5-12(8-13(14)15)21(16,19)20/h5-6,8,10-11,17H,3-4,7,9H2,1-2H3,(H2,16,19,20). The van der Waals surface area contributed by atoms with Crippen LogP contribution >= 0.6 is 0 Å². The molecule has 1 unspecified atom stereocenters. The van der Waals surface area contributed by atoms with Crippen LogP contribution in [0.4, 0.5) is 10.1 Å². The third-order valence-corrected chi connectivity index (χ3v) is 4.67. The molecule has 1 fully saturated rings. The van der Waals surface area contributed by atoms with Crippen LogP contribution in [0.15, 0.2) is 23.1 Å². The normalized spacial score (nSPS) is 19.2. The van der Waals surface area contributed by atoms with Crippen molar-refractivity contribution in [3.05, 3.63) is 24.0 Å². The largest absolute Gasteiger partial charge is 0.365 e. The molecule has 2 rings (SSSR count). The quantitative estimate of drug-likeness (QED) is 0.862. The number of benzene rings is 1. The number of sulfonamides is 1. The highest BCUT2D eigenvalue weighted by Crippen LogP contribution is 2.25. The lowest BCUT2D eigenvalue weighted by molar-refractivity contribution is 0.536. The smallest absolute Gasteiger partial charge is 0.238 e. The fourth-order valence-corrected chi connectivity index (χ4v) is 3.16. The Labute approximate surface area is 125 Å². The van der Waals surface area contributed by atoms with E-state index in [0.29, 0.717) is 18.3 Å². The second kappa shape index (κ2) is 6.29. The minimum Gasteiger partial charge on any atom is -0.365 e. The molecule has 1 saturated heterocycles. The molecule has 1 aliphatic heterocycles. The fourth-order valence-electron chi connectivity index (χ4n) is 2.63. The lowest BCUT2D eigenvalue weighted by Gasteiger charge is -2.32. The number of nitrogens with two attached hydrogens (primary N) is 1. The summed E-state index contributed by atoms with van der Waals surface area (Å²) < 4.78 is 36.8. The Balaban J connectivity index is 2.27. The summed E-state index contributed by atoms with van der Waals surface area (Å²) in [5, 5.41) is 8.41. The number of hydrogen-bond donors (Lipinski definition) is 2. The van der Waals surface area contributed by atoms with E-state index in [2.05, 4.69) is 5.32 Å². The zero-order valence-corrected chi connectivity index (χ0v) is 13.2. The molecule has 0 spiro atoms. The average molecular weight is 315 g/mol. The molecule has 0 bridgehead atoms. The maximum atomic E-state index is 14.3. The van der Waals surface area contributed by atoms with Gasteiger partial charge in [0.05, 0.1) is 10.6 Å². The molecule has 5 nitrogen and oxygen atoms in total. The maximum Gasteiger partial charge on any atom is 0.238 e. The summed E-state index contributed by atoms with van der Waals surface area (Å²) in [4.78, 5) is 1.75. The van der Waals surface area contributed by atoms with Crippen molar-refractivity contribution >= 4 is 15.7 Å². The van der Waals surface area contributed by atoms with Crippen molar-refractivity contribution < 1.29 is 12.8 Å². The van der Waals surface area contributed by atoms with Crippen LogP contribution in [0, 0.1) is 5.82 Å². The zero-order chi connectivity index (χ0) is 15.6. The Hall–Kier alpha value is -1.18. The minimum absolute atomic E-state index is 0.113. The molecule has 1 aromatic carbocycles. The molecular weight excluding hydrogens is 293 g/mol. The molecule has 1 atom stereocenters.